The second-order valence-corrected chi connectivity index (χ2v) is 10.8. The van der Waals surface area contributed by atoms with Crippen LogP contribution < -0.4 is 14.8 Å². The second-order valence-electron chi connectivity index (χ2n) is 9.66. The lowest BCUT2D eigenvalue weighted by Crippen LogP contribution is -2.48. The van der Waals surface area contributed by atoms with E-state index >= 15 is 0 Å². The van der Waals surface area contributed by atoms with E-state index in [0.717, 1.165) is 75.5 Å². The molecule has 1 saturated heterocycles. The maximum atomic E-state index is 12.9. The van der Waals surface area contributed by atoms with Gasteiger partial charge in [-0.15, -0.1) is 11.3 Å². The van der Waals surface area contributed by atoms with Gasteiger partial charge in [0.05, 0.1) is 18.2 Å². The first-order valence-corrected chi connectivity index (χ1v) is 13.3. The van der Waals surface area contributed by atoms with E-state index in [1.54, 1.807) is 0 Å². The number of anilines is 1. The van der Waals surface area contributed by atoms with E-state index in [1.165, 1.54) is 21.8 Å². The molecule has 2 aromatic rings. The van der Waals surface area contributed by atoms with Crippen molar-refractivity contribution in [1.29, 1.82) is 0 Å². The van der Waals surface area contributed by atoms with E-state index < -0.39 is 0 Å². The van der Waals surface area contributed by atoms with E-state index in [-0.39, 0.29) is 24.8 Å². The van der Waals surface area contributed by atoms with Crippen molar-refractivity contribution in [3.63, 3.8) is 0 Å². The largest absolute Gasteiger partial charge is 0.459 e. The molecule has 0 spiro atoms. The normalized spacial score (nSPS) is 17.9. The minimum atomic E-state index is -0.327. The zero-order valence-corrected chi connectivity index (χ0v) is 21.2. The van der Waals surface area contributed by atoms with Crippen molar-refractivity contribution in [3.8, 4) is 11.5 Å². The fourth-order valence-electron chi connectivity index (χ4n) is 4.92. The molecule has 1 aromatic carbocycles. The molecular weight excluding hydrogens is 466 g/mol. The lowest BCUT2D eigenvalue weighted by atomic mass is 9.95. The minimum Gasteiger partial charge on any atom is -0.459 e. The smallest absolute Gasteiger partial charge is 0.341 e. The molecule has 3 heterocycles. The van der Waals surface area contributed by atoms with Gasteiger partial charge in [0.2, 0.25) is 12.7 Å². The fraction of sp³-hybridized carbons (Fsp3) is 0.538. The minimum absolute atomic E-state index is 0.0774. The van der Waals surface area contributed by atoms with Crippen LogP contribution >= 0.6 is 11.3 Å². The summed E-state index contributed by atoms with van der Waals surface area (Å²) >= 11 is 1.54. The second kappa shape index (κ2) is 10.6. The summed E-state index contributed by atoms with van der Waals surface area (Å²) in [6.07, 6.45) is 3.82. The van der Waals surface area contributed by atoms with Crippen LogP contribution in [-0.2, 0) is 28.9 Å². The van der Waals surface area contributed by atoms with Crippen LogP contribution in [0.3, 0.4) is 0 Å². The number of esters is 1. The van der Waals surface area contributed by atoms with Crippen molar-refractivity contribution in [2.24, 2.45) is 0 Å². The van der Waals surface area contributed by atoms with Crippen LogP contribution in [0.15, 0.2) is 18.2 Å². The standard InChI is InChI=1S/C26H33N3O5S/c1-17(2)34-26(31)24-19-5-3-4-6-22(19)35-25(24)27-23(30)15-29-11-9-28(10-12-29)14-18-7-8-20-21(13-18)33-16-32-20/h7-8,13,17H,3-6,9-12,14-16H2,1-2H3,(H,27,30). The topological polar surface area (TPSA) is 80.3 Å². The molecule has 1 N–H and O–H groups in total. The Balaban J connectivity index is 1.16. The number of nitrogens with one attached hydrogen (secondary N) is 1. The molecule has 3 aliphatic rings. The number of carbonyl (C=O) groups is 2. The summed E-state index contributed by atoms with van der Waals surface area (Å²) < 4.78 is 16.4. The third kappa shape index (κ3) is 5.63. The molecule has 0 bridgehead atoms. The van der Waals surface area contributed by atoms with Gasteiger partial charge in [0.1, 0.15) is 5.00 Å². The van der Waals surface area contributed by atoms with E-state index in [4.69, 9.17) is 14.2 Å². The van der Waals surface area contributed by atoms with Gasteiger partial charge in [-0.1, -0.05) is 6.07 Å². The third-order valence-corrected chi connectivity index (χ3v) is 7.85. The molecule has 1 aliphatic carbocycles. The summed E-state index contributed by atoms with van der Waals surface area (Å²) in [6, 6.07) is 6.09. The van der Waals surface area contributed by atoms with Gasteiger partial charge < -0.3 is 19.5 Å². The first-order valence-electron chi connectivity index (χ1n) is 12.4. The molecule has 1 aromatic heterocycles. The predicted octanol–water partition coefficient (Wildman–Crippen LogP) is 3.68. The van der Waals surface area contributed by atoms with Crippen LogP contribution in [-0.4, -0.2) is 67.3 Å². The molecule has 35 heavy (non-hydrogen) atoms. The van der Waals surface area contributed by atoms with Crippen LogP contribution in [0.4, 0.5) is 5.00 Å². The van der Waals surface area contributed by atoms with Crippen molar-refractivity contribution in [2.75, 3.05) is 44.8 Å². The number of hydrogen-bond donors (Lipinski definition) is 1. The number of benzene rings is 1. The Hall–Kier alpha value is -2.62. The Kier molecular flexibility index (Phi) is 7.27. The number of aryl methyl sites for hydroxylation is 1. The molecule has 0 unspecified atom stereocenters. The number of nitrogens with zero attached hydrogens (tertiary/aromatic N) is 2. The molecule has 188 valence electrons. The van der Waals surface area contributed by atoms with Crippen molar-refractivity contribution in [3.05, 3.63) is 39.8 Å². The molecule has 2 aliphatic heterocycles. The summed E-state index contributed by atoms with van der Waals surface area (Å²) in [5.74, 6) is 1.21. The van der Waals surface area contributed by atoms with Crippen LogP contribution in [0, 0.1) is 0 Å². The first-order chi connectivity index (χ1) is 17.0. The van der Waals surface area contributed by atoms with E-state index in [1.807, 2.05) is 26.0 Å². The number of fused-ring (bicyclic) bond motifs is 2. The summed E-state index contributed by atoms with van der Waals surface area (Å²) in [6.45, 7) is 8.57. The van der Waals surface area contributed by atoms with Gasteiger partial charge in [-0.05, 0) is 62.8 Å². The Labute approximate surface area is 210 Å². The third-order valence-electron chi connectivity index (χ3n) is 6.65. The molecule has 5 rings (SSSR count). The molecule has 8 nitrogen and oxygen atoms in total. The average Bonchev–Trinajstić information content (AvgIpc) is 3.43. The first kappa shape index (κ1) is 24.1. The van der Waals surface area contributed by atoms with Gasteiger partial charge in [-0.3, -0.25) is 14.6 Å². The van der Waals surface area contributed by atoms with Crippen LogP contribution in [0.1, 0.15) is 53.1 Å². The Bertz CT molecular complexity index is 1090. The fourth-order valence-corrected chi connectivity index (χ4v) is 6.21. The van der Waals surface area contributed by atoms with E-state index in [9.17, 15) is 9.59 Å². The molecule has 9 heteroatoms. The Morgan fingerprint density at radius 1 is 1.06 bits per heavy atom. The van der Waals surface area contributed by atoms with Gasteiger partial charge in [-0.25, -0.2) is 4.79 Å². The predicted molar refractivity (Wildman–Crippen MR) is 134 cm³/mol. The monoisotopic (exact) mass is 499 g/mol. The van der Waals surface area contributed by atoms with Gasteiger partial charge >= 0.3 is 5.97 Å². The highest BCUT2D eigenvalue weighted by Gasteiger charge is 2.28. The van der Waals surface area contributed by atoms with Gasteiger partial charge in [0.15, 0.2) is 11.5 Å². The summed E-state index contributed by atoms with van der Waals surface area (Å²) in [5, 5.41) is 3.69. The SMILES string of the molecule is CC(C)OC(=O)c1c(NC(=O)CN2CCN(Cc3ccc4c(c3)OCO4)CC2)sc2c1CCCC2. The summed E-state index contributed by atoms with van der Waals surface area (Å²) in [5.41, 5.74) is 2.84. The highest BCUT2D eigenvalue weighted by atomic mass is 32.1. The number of piperazine rings is 1. The molecule has 0 atom stereocenters. The number of ether oxygens (including phenoxy) is 3. The van der Waals surface area contributed by atoms with E-state index in [2.05, 4.69) is 21.2 Å². The molecule has 1 fully saturated rings. The highest BCUT2D eigenvalue weighted by Crippen LogP contribution is 2.39. The van der Waals surface area contributed by atoms with Gasteiger partial charge in [0.25, 0.3) is 0 Å². The summed E-state index contributed by atoms with van der Waals surface area (Å²) in [4.78, 5) is 31.5. The van der Waals surface area contributed by atoms with Crippen molar-refractivity contribution in [1.82, 2.24) is 9.80 Å². The Morgan fingerprint density at radius 3 is 2.60 bits per heavy atom. The van der Waals surface area contributed by atoms with Gasteiger partial charge in [-0.2, -0.15) is 0 Å². The summed E-state index contributed by atoms with van der Waals surface area (Å²) in [7, 11) is 0. The Morgan fingerprint density at radius 2 is 1.80 bits per heavy atom. The van der Waals surface area contributed by atoms with Crippen molar-refractivity contribution >= 4 is 28.2 Å². The molecule has 0 saturated carbocycles. The van der Waals surface area contributed by atoms with Crippen molar-refractivity contribution in [2.45, 2.75) is 52.2 Å². The number of carbonyl (C=O) groups excluding carboxylic acids is 2. The maximum Gasteiger partial charge on any atom is 0.341 e. The van der Waals surface area contributed by atoms with Crippen LogP contribution in [0.2, 0.25) is 0 Å². The zero-order valence-electron chi connectivity index (χ0n) is 20.4. The lowest BCUT2D eigenvalue weighted by Gasteiger charge is -2.34. The number of thiophene rings is 1. The van der Waals surface area contributed by atoms with Gasteiger partial charge in [0, 0.05) is 37.6 Å². The number of amides is 1. The average molecular weight is 500 g/mol. The number of hydrogen-bond acceptors (Lipinski definition) is 8. The van der Waals surface area contributed by atoms with Crippen LogP contribution in [0.5, 0.6) is 11.5 Å². The van der Waals surface area contributed by atoms with Crippen molar-refractivity contribution < 1.29 is 23.8 Å². The highest BCUT2D eigenvalue weighted by molar-refractivity contribution is 7.17. The van der Waals surface area contributed by atoms with Crippen LogP contribution in [0.25, 0.3) is 0 Å². The molecule has 0 radical (unpaired) electrons. The molecule has 1 amide bonds. The quantitative estimate of drug-likeness (QED) is 0.582. The van der Waals surface area contributed by atoms with E-state index in [0.29, 0.717) is 17.1 Å². The lowest BCUT2D eigenvalue weighted by molar-refractivity contribution is -0.117. The number of rotatable bonds is 7. The molecular formula is C26H33N3O5S. The maximum absolute atomic E-state index is 12.9. The zero-order chi connectivity index (χ0) is 24.4.